The van der Waals surface area contributed by atoms with Crippen LogP contribution >= 0.6 is 0 Å². The smallest absolute Gasteiger partial charge is 0.0829 e. The Labute approximate surface area is 84.5 Å². The molecule has 80 valence electrons. The first-order chi connectivity index (χ1) is 6.72. The Bertz CT molecular complexity index is 260. The summed E-state index contributed by atoms with van der Waals surface area (Å²) in [5.74, 6) is 0. The Hall–Kier alpha value is -0.870. The van der Waals surface area contributed by atoms with Crippen LogP contribution in [-0.2, 0) is 18.2 Å². The van der Waals surface area contributed by atoms with E-state index in [9.17, 15) is 5.11 Å². The first kappa shape index (κ1) is 11.2. The Kier molecular flexibility index (Phi) is 4.62. The van der Waals surface area contributed by atoms with E-state index in [1.54, 1.807) is 4.68 Å². The van der Waals surface area contributed by atoms with Crippen molar-refractivity contribution in [3.8, 4) is 0 Å². The van der Waals surface area contributed by atoms with Gasteiger partial charge in [0.05, 0.1) is 18.4 Å². The summed E-state index contributed by atoms with van der Waals surface area (Å²) in [6.07, 6.45) is 2.96. The normalized spacial score (nSPS) is 13.1. The predicted molar refractivity (Wildman–Crippen MR) is 54.0 cm³/mol. The maximum absolute atomic E-state index is 9.56. The Morgan fingerprint density at radius 1 is 1.64 bits per heavy atom. The number of aromatic nitrogens is 2. The van der Waals surface area contributed by atoms with E-state index >= 15 is 0 Å². The Morgan fingerprint density at radius 3 is 3.00 bits per heavy atom. The molecule has 1 unspecified atom stereocenters. The molecule has 0 aromatic carbocycles. The average Bonchev–Trinajstić information content (AvgIpc) is 2.52. The molecule has 0 saturated heterocycles. The SMILES string of the molecule is CCCOCC(O)Cc1ccn(C)n1. The van der Waals surface area contributed by atoms with Gasteiger partial charge < -0.3 is 9.84 Å². The number of aliphatic hydroxyl groups excluding tert-OH is 1. The van der Waals surface area contributed by atoms with Crippen LogP contribution in [0.2, 0.25) is 0 Å². The van der Waals surface area contributed by atoms with Crippen molar-refractivity contribution >= 4 is 0 Å². The monoisotopic (exact) mass is 198 g/mol. The molecule has 0 saturated carbocycles. The standard InChI is InChI=1S/C10H18N2O2/c1-3-6-14-8-10(13)7-9-4-5-12(2)11-9/h4-5,10,13H,3,6-8H2,1-2H3. The molecule has 0 aliphatic heterocycles. The van der Waals surface area contributed by atoms with Crippen LogP contribution in [0, 0.1) is 0 Å². The molecule has 1 N–H and O–H groups in total. The van der Waals surface area contributed by atoms with Crippen molar-refractivity contribution in [3.05, 3.63) is 18.0 Å². The molecule has 0 fully saturated rings. The molecule has 0 radical (unpaired) electrons. The molecule has 1 aromatic heterocycles. The predicted octanol–water partition coefficient (Wildman–Crippen LogP) is 0.750. The lowest BCUT2D eigenvalue weighted by Crippen LogP contribution is -2.18. The van der Waals surface area contributed by atoms with E-state index in [0.29, 0.717) is 19.6 Å². The van der Waals surface area contributed by atoms with Crippen molar-refractivity contribution < 1.29 is 9.84 Å². The fourth-order valence-electron chi connectivity index (χ4n) is 1.24. The van der Waals surface area contributed by atoms with Gasteiger partial charge in [0.25, 0.3) is 0 Å². The number of hydrogen-bond acceptors (Lipinski definition) is 3. The molecule has 0 aliphatic rings. The van der Waals surface area contributed by atoms with Crippen LogP contribution in [0.1, 0.15) is 19.0 Å². The van der Waals surface area contributed by atoms with Gasteiger partial charge in [-0.3, -0.25) is 4.68 Å². The summed E-state index contributed by atoms with van der Waals surface area (Å²) < 4.78 is 6.97. The summed E-state index contributed by atoms with van der Waals surface area (Å²) in [5, 5.41) is 13.7. The van der Waals surface area contributed by atoms with E-state index in [1.807, 2.05) is 26.2 Å². The van der Waals surface area contributed by atoms with E-state index in [0.717, 1.165) is 12.1 Å². The van der Waals surface area contributed by atoms with Gasteiger partial charge in [-0.05, 0) is 12.5 Å². The summed E-state index contributed by atoms with van der Waals surface area (Å²) in [6, 6.07) is 1.91. The molecular weight excluding hydrogens is 180 g/mol. The second-order valence-electron chi connectivity index (χ2n) is 3.41. The zero-order valence-electron chi connectivity index (χ0n) is 8.81. The quantitative estimate of drug-likeness (QED) is 0.686. The Balaban J connectivity index is 2.23. The highest BCUT2D eigenvalue weighted by atomic mass is 16.5. The van der Waals surface area contributed by atoms with Gasteiger partial charge in [0.2, 0.25) is 0 Å². The minimum Gasteiger partial charge on any atom is -0.390 e. The fraction of sp³-hybridized carbons (Fsp3) is 0.700. The highest BCUT2D eigenvalue weighted by molar-refractivity contribution is 5.00. The largest absolute Gasteiger partial charge is 0.390 e. The molecule has 14 heavy (non-hydrogen) atoms. The van der Waals surface area contributed by atoms with Crippen LogP contribution < -0.4 is 0 Å². The van der Waals surface area contributed by atoms with Crippen LogP contribution in [0.4, 0.5) is 0 Å². The van der Waals surface area contributed by atoms with Gasteiger partial charge in [-0.15, -0.1) is 0 Å². The van der Waals surface area contributed by atoms with Gasteiger partial charge in [-0.1, -0.05) is 6.92 Å². The lowest BCUT2D eigenvalue weighted by molar-refractivity contribution is 0.0369. The molecule has 0 aliphatic carbocycles. The zero-order chi connectivity index (χ0) is 10.4. The first-order valence-corrected chi connectivity index (χ1v) is 4.96. The van der Waals surface area contributed by atoms with Crippen molar-refractivity contribution in [1.82, 2.24) is 9.78 Å². The lowest BCUT2D eigenvalue weighted by atomic mass is 10.2. The molecule has 0 spiro atoms. The molecule has 1 rings (SSSR count). The highest BCUT2D eigenvalue weighted by Gasteiger charge is 2.07. The van der Waals surface area contributed by atoms with Crippen LogP contribution in [-0.4, -0.2) is 34.2 Å². The van der Waals surface area contributed by atoms with Gasteiger partial charge in [0, 0.05) is 26.3 Å². The lowest BCUT2D eigenvalue weighted by Gasteiger charge is -2.08. The van der Waals surface area contributed by atoms with E-state index in [2.05, 4.69) is 5.10 Å². The second-order valence-corrected chi connectivity index (χ2v) is 3.41. The summed E-state index contributed by atoms with van der Waals surface area (Å²) in [5.41, 5.74) is 0.903. The van der Waals surface area contributed by atoms with Gasteiger partial charge in [0.15, 0.2) is 0 Å². The van der Waals surface area contributed by atoms with Crippen molar-refractivity contribution in [2.75, 3.05) is 13.2 Å². The number of nitrogens with zero attached hydrogens (tertiary/aromatic N) is 2. The minimum absolute atomic E-state index is 0.393. The maximum atomic E-state index is 9.56. The topological polar surface area (TPSA) is 47.3 Å². The molecule has 0 amide bonds. The minimum atomic E-state index is -0.448. The van der Waals surface area contributed by atoms with Crippen molar-refractivity contribution in [1.29, 1.82) is 0 Å². The molecule has 4 heteroatoms. The number of aryl methyl sites for hydroxylation is 1. The summed E-state index contributed by atoms with van der Waals surface area (Å²) >= 11 is 0. The molecule has 1 heterocycles. The molecule has 1 aromatic rings. The average molecular weight is 198 g/mol. The molecule has 4 nitrogen and oxygen atoms in total. The van der Waals surface area contributed by atoms with Crippen LogP contribution in [0.5, 0.6) is 0 Å². The summed E-state index contributed by atoms with van der Waals surface area (Å²) in [7, 11) is 1.86. The van der Waals surface area contributed by atoms with Crippen LogP contribution in [0.3, 0.4) is 0 Å². The molecule has 0 bridgehead atoms. The third-order valence-electron chi connectivity index (χ3n) is 1.87. The van der Waals surface area contributed by atoms with Crippen molar-refractivity contribution in [3.63, 3.8) is 0 Å². The number of aliphatic hydroxyl groups is 1. The number of hydrogen-bond donors (Lipinski definition) is 1. The molecular formula is C10H18N2O2. The van der Waals surface area contributed by atoms with Gasteiger partial charge in [0.1, 0.15) is 0 Å². The second kappa shape index (κ2) is 5.78. The fourth-order valence-corrected chi connectivity index (χ4v) is 1.24. The van der Waals surface area contributed by atoms with Crippen molar-refractivity contribution in [2.24, 2.45) is 7.05 Å². The van der Waals surface area contributed by atoms with Gasteiger partial charge >= 0.3 is 0 Å². The third kappa shape index (κ3) is 3.89. The number of rotatable bonds is 6. The van der Waals surface area contributed by atoms with E-state index in [-0.39, 0.29) is 0 Å². The van der Waals surface area contributed by atoms with Crippen LogP contribution in [0.25, 0.3) is 0 Å². The number of ether oxygens (including phenoxy) is 1. The van der Waals surface area contributed by atoms with E-state index < -0.39 is 6.10 Å². The Morgan fingerprint density at radius 2 is 2.43 bits per heavy atom. The summed E-state index contributed by atoms with van der Waals surface area (Å²) in [4.78, 5) is 0. The van der Waals surface area contributed by atoms with Crippen LogP contribution in [0.15, 0.2) is 12.3 Å². The van der Waals surface area contributed by atoms with Gasteiger partial charge in [-0.25, -0.2) is 0 Å². The zero-order valence-corrected chi connectivity index (χ0v) is 8.81. The first-order valence-electron chi connectivity index (χ1n) is 4.96. The van der Waals surface area contributed by atoms with Crippen molar-refractivity contribution in [2.45, 2.75) is 25.9 Å². The maximum Gasteiger partial charge on any atom is 0.0829 e. The van der Waals surface area contributed by atoms with E-state index in [4.69, 9.17) is 4.74 Å². The third-order valence-corrected chi connectivity index (χ3v) is 1.87. The summed E-state index contributed by atoms with van der Waals surface area (Å²) in [6.45, 7) is 3.15. The molecule has 1 atom stereocenters. The van der Waals surface area contributed by atoms with E-state index in [1.165, 1.54) is 0 Å². The highest BCUT2D eigenvalue weighted by Crippen LogP contribution is 2.00. The van der Waals surface area contributed by atoms with Gasteiger partial charge in [-0.2, -0.15) is 5.10 Å².